The molecule has 2 unspecified atom stereocenters. The second kappa shape index (κ2) is 13.9. The number of esters is 2. The van der Waals surface area contributed by atoms with Gasteiger partial charge in [0.05, 0.1) is 0 Å². The van der Waals surface area contributed by atoms with Gasteiger partial charge in [0.25, 0.3) is 0 Å². The van der Waals surface area contributed by atoms with Crippen LogP contribution in [0.5, 0.6) is 0 Å². The number of hydrogen-bond acceptors (Lipinski definition) is 4. The van der Waals surface area contributed by atoms with E-state index < -0.39 is 6.10 Å². The maximum Gasteiger partial charge on any atom is 0.311 e. The van der Waals surface area contributed by atoms with Crippen LogP contribution in [0.2, 0.25) is 0 Å². The van der Waals surface area contributed by atoms with Crippen LogP contribution in [0.15, 0.2) is 54.1 Å². The lowest BCUT2D eigenvalue weighted by atomic mass is 9.78. The van der Waals surface area contributed by atoms with Crippen LogP contribution in [0.25, 0.3) is 5.76 Å². The van der Waals surface area contributed by atoms with Gasteiger partial charge in [-0.05, 0) is 12.8 Å². The van der Waals surface area contributed by atoms with Gasteiger partial charge >= 0.3 is 11.9 Å². The fourth-order valence-corrected chi connectivity index (χ4v) is 4.71. The van der Waals surface area contributed by atoms with Crippen molar-refractivity contribution >= 4 is 17.7 Å². The van der Waals surface area contributed by atoms with Crippen molar-refractivity contribution in [2.45, 2.75) is 97.0 Å². The number of unbranched alkanes of at least 4 members (excludes halogenated alkanes) is 8. The summed E-state index contributed by atoms with van der Waals surface area (Å²) >= 11 is 0. The number of carbonyl (C=O) groups excluding carboxylic acids is 2. The highest BCUT2D eigenvalue weighted by Gasteiger charge is 2.38. The zero-order valence-corrected chi connectivity index (χ0v) is 20.9. The Balaban J connectivity index is 1.72. The molecule has 0 saturated heterocycles. The molecular formula is C30H40O4. The highest BCUT2D eigenvalue weighted by molar-refractivity contribution is 5.83. The topological polar surface area (TPSA) is 52.6 Å². The fraction of sp³-hybridized carbons (Fsp3) is 0.533. The lowest BCUT2D eigenvalue weighted by Gasteiger charge is -2.34. The molecule has 0 fully saturated rings. The smallest absolute Gasteiger partial charge is 0.311 e. The second-order valence-electron chi connectivity index (χ2n) is 9.35. The Kier molecular flexibility index (Phi) is 10.7. The lowest BCUT2D eigenvalue weighted by Crippen LogP contribution is -2.27. The molecule has 2 aliphatic rings. The third-order valence-corrected chi connectivity index (χ3v) is 6.61. The summed E-state index contributed by atoms with van der Waals surface area (Å²) in [5, 5.41) is 0. The van der Waals surface area contributed by atoms with Gasteiger partial charge in [0.1, 0.15) is 11.9 Å². The van der Waals surface area contributed by atoms with Crippen LogP contribution < -0.4 is 0 Å². The van der Waals surface area contributed by atoms with Gasteiger partial charge in [0.2, 0.25) is 0 Å². The van der Waals surface area contributed by atoms with E-state index in [0.717, 1.165) is 55.2 Å². The van der Waals surface area contributed by atoms with Gasteiger partial charge in [0.15, 0.2) is 0 Å². The Labute approximate surface area is 205 Å². The largest absolute Gasteiger partial charge is 0.456 e. The summed E-state index contributed by atoms with van der Waals surface area (Å²) in [6, 6.07) is 7.83. The summed E-state index contributed by atoms with van der Waals surface area (Å²) in [4.78, 5) is 25.4. The van der Waals surface area contributed by atoms with Crippen molar-refractivity contribution in [2.75, 3.05) is 0 Å². The minimum Gasteiger partial charge on any atom is -0.456 e. The minimum absolute atomic E-state index is 0.156. The van der Waals surface area contributed by atoms with Crippen molar-refractivity contribution < 1.29 is 19.1 Å². The summed E-state index contributed by atoms with van der Waals surface area (Å²) in [5.74, 6) is 0.0899. The minimum atomic E-state index is -0.410. The van der Waals surface area contributed by atoms with Crippen LogP contribution in [0, 0.1) is 5.92 Å². The van der Waals surface area contributed by atoms with Gasteiger partial charge in [0, 0.05) is 35.5 Å². The molecular weight excluding hydrogens is 424 g/mol. The van der Waals surface area contributed by atoms with Crippen LogP contribution in [-0.4, -0.2) is 11.9 Å². The van der Waals surface area contributed by atoms with Crippen molar-refractivity contribution in [3.8, 4) is 0 Å². The summed E-state index contributed by atoms with van der Waals surface area (Å²) in [7, 11) is 0. The van der Waals surface area contributed by atoms with E-state index in [4.69, 9.17) is 9.47 Å². The van der Waals surface area contributed by atoms with Gasteiger partial charge in [-0.1, -0.05) is 114 Å². The molecule has 0 heterocycles. The van der Waals surface area contributed by atoms with Crippen molar-refractivity contribution in [1.82, 2.24) is 0 Å². The summed E-state index contributed by atoms with van der Waals surface area (Å²) in [6.07, 6.45) is 19.3. The van der Waals surface area contributed by atoms with E-state index in [9.17, 15) is 9.59 Å². The average molecular weight is 465 g/mol. The molecule has 1 aromatic carbocycles. The molecule has 0 spiro atoms. The molecule has 184 valence electrons. The van der Waals surface area contributed by atoms with Crippen LogP contribution in [-0.2, 0) is 19.1 Å². The zero-order valence-electron chi connectivity index (χ0n) is 20.9. The molecule has 0 amide bonds. The van der Waals surface area contributed by atoms with E-state index in [1.807, 2.05) is 48.6 Å². The van der Waals surface area contributed by atoms with E-state index in [-0.39, 0.29) is 17.9 Å². The van der Waals surface area contributed by atoms with Gasteiger partial charge in [-0.3, -0.25) is 9.59 Å². The SMILES string of the molecule is CCCCCCCC(=O)OC1=C2C=CC=CC2C(OC(=O)CCCCCCC)c2ccccc21. The standard InChI is InChI=1S/C30H40O4/c1-3-5-7-9-11-21-27(31)33-29-23-17-13-15-19-25(23)30(26-20-16-14-18-24(26)29)34-28(32)22-12-10-8-6-4-2/h13-20,23,29H,3-12,21-22H2,1-2H3. The quantitative estimate of drug-likeness (QED) is 0.207. The van der Waals surface area contributed by atoms with Gasteiger partial charge in [-0.2, -0.15) is 0 Å². The van der Waals surface area contributed by atoms with Crippen molar-refractivity contribution in [1.29, 1.82) is 0 Å². The molecule has 0 radical (unpaired) electrons. The molecule has 0 bridgehead atoms. The maximum atomic E-state index is 12.7. The molecule has 2 aliphatic carbocycles. The third-order valence-electron chi connectivity index (χ3n) is 6.61. The number of benzene rings is 1. The first-order valence-electron chi connectivity index (χ1n) is 13.2. The summed E-state index contributed by atoms with van der Waals surface area (Å²) < 4.78 is 12.0. The number of rotatable bonds is 14. The molecule has 3 rings (SSSR count). The lowest BCUT2D eigenvalue weighted by molar-refractivity contribution is -0.151. The Hall–Kier alpha value is -2.62. The first-order chi connectivity index (χ1) is 16.7. The molecule has 0 N–H and O–H groups in total. The number of hydrogen-bond donors (Lipinski definition) is 0. The molecule has 1 aromatic rings. The van der Waals surface area contributed by atoms with Crippen LogP contribution >= 0.6 is 0 Å². The van der Waals surface area contributed by atoms with Crippen molar-refractivity contribution in [3.05, 3.63) is 65.3 Å². The third kappa shape index (κ3) is 7.19. The van der Waals surface area contributed by atoms with Gasteiger partial charge in [-0.15, -0.1) is 0 Å². The molecule has 0 saturated carbocycles. The van der Waals surface area contributed by atoms with Crippen LogP contribution in [0.4, 0.5) is 0 Å². The Morgan fingerprint density at radius 3 is 2.15 bits per heavy atom. The van der Waals surface area contributed by atoms with Crippen molar-refractivity contribution in [3.63, 3.8) is 0 Å². The van der Waals surface area contributed by atoms with Gasteiger partial charge < -0.3 is 9.47 Å². The van der Waals surface area contributed by atoms with E-state index >= 15 is 0 Å². The first-order valence-corrected chi connectivity index (χ1v) is 13.2. The van der Waals surface area contributed by atoms with E-state index in [1.165, 1.54) is 25.7 Å². The normalized spacial score (nSPS) is 18.4. The maximum absolute atomic E-state index is 12.7. The molecule has 34 heavy (non-hydrogen) atoms. The number of carbonyl (C=O) groups is 2. The molecule has 0 aliphatic heterocycles. The predicted molar refractivity (Wildman–Crippen MR) is 137 cm³/mol. The number of allylic oxidation sites excluding steroid dienone is 3. The molecule has 2 atom stereocenters. The van der Waals surface area contributed by atoms with Crippen LogP contribution in [0.3, 0.4) is 0 Å². The fourth-order valence-electron chi connectivity index (χ4n) is 4.71. The molecule has 4 heteroatoms. The Morgan fingerprint density at radius 1 is 0.794 bits per heavy atom. The van der Waals surface area contributed by atoms with Gasteiger partial charge in [-0.25, -0.2) is 0 Å². The first kappa shape index (κ1) is 26.0. The van der Waals surface area contributed by atoms with Crippen molar-refractivity contribution in [2.24, 2.45) is 5.92 Å². The average Bonchev–Trinajstić information content (AvgIpc) is 2.85. The van der Waals surface area contributed by atoms with E-state index in [0.29, 0.717) is 18.6 Å². The second-order valence-corrected chi connectivity index (χ2v) is 9.35. The highest BCUT2D eigenvalue weighted by atomic mass is 16.5. The summed E-state index contributed by atoms with van der Waals surface area (Å²) in [6.45, 7) is 4.37. The zero-order chi connectivity index (χ0) is 24.2. The van der Waals surface area contributed by atoms with E-state index in [1.54, 1.807) is 0 Å². The molecule has 0 aromatic heterocycles. The number of fused-ring (bicyclic) bond motifs is 2. The Morgan fingerprint density at radius 2 is 1.44 bits per heavy atom. The van der Waals surface area contributed by atoms with E-state index in [2.05, 4.69) is 13.8 Å². The van der Waals surface area contributed by atoms with Crippen LogP contribution in [0.1, 0.15) is 108 Å². The monoisotopic (exact) mass is 464 g/mol. The molecule has 4 nitrogen and oxygen atoms in total. The predicted octanol–water partition coefficient (Wildman–Crippen LogP) is 8.00. The number of ether oxygens (including phenoxy) is 2. The highest BCUT2D eigenvalue weighted by Crippen LogP contribution is 2.46. The Bertz CT molecular complexity index is 908. The summed E-state index contributed by atoms with van der Waals surface area (Å²) in [5.41, 5.74) is 2.65.